The molecular formula is C26H20BrN3O2. The van der Waals surface area contributed by atoms with Crippen molar-refractivity contribution in [1.82, 2.24) is 4.98 Å². The molecule has 2 N–H and O–H groups in total. The standard InChI is InChI=1S/C26H20BrN3O2/c1-31-23-13-19(12-22(27)25(23)32-16-17-8-4-2-5-9-17)24-20(14-28)26(29)30-15-21(24)18-10-6-3-7-11-18/h2-13,15H,16H2,1H3,(H2,29,30). The normalized spacial score (nSPS) is 10.4. The summed E-state index contributed by atoms with van der Waals surface area (Å²) in [7, 11) is 1.59. The van der Waals surface area contributed by atoms with Crippen molar-refractivity contribution in [3.63, 3.8) is 0 Å². The predicted molar refractivity (Wildman–Crippen MR) is 129 cm³/mol. The van der Waals surface area contributed by atoms with Gasteiger partial charge in [-0.25, -0.2) is 4.98 Å². The number of benzene rings is 3. The number of nitrogens with zero attached hydrogens (tertiary/aromatic N) is 2. The first kappa shape index (κ1) is 21.4. The minimum Gasteiger partial charge on any atom is -0.493 e. The fourth-order valence-electron chi connectivity index (χ4n) is 3.51. The number of methoxy groups -OCH3 is 1. The summed E-state index contributed by atoms with van der Waals surface area (Å²) in [5.41, 5.74) is 10.6. The Bertz CT molecular complexity index is 1290. The average molecular weight is 486 g/mol. The maximum Gasteiger partial charge on any atom is 0.175 e. The highest BCUT2D eigenvalue weighted by molar-refractivity contribution is 9.10. The molecule has 6 heteroatoms. The number of aromatic nitrogens is 1. The lowest BCUT2D eigenvalue weighted by Crippen LogP contribution is -2.02. The second-order valence-corrected chi connectivity index (χ2v) is 7.90. The first-order chi connectivity index (χ1) is 15.6. The molecule has 0 atom stereocenters. The molecule has 1 aromatic heterocycles. The molecule has 0 saturated carbocycles. The minimum absolute atomic E-state index is 0.182. The van der Waals surface area contributed by atoms with Crippen molar-refractivity contribution in [1.29, 1.82) is 5.26 Å². The van der Waals surface area contributed by atoms with Gasteiger partial charge in [-0.3, -0.25) is 0 Å². The summed E-state index contributed by atoms with van der Waals surface area (Å²) in [6.07, 6.45) is 1.70. The third-order valence-corrected chi connectivity index (χ3v) is 5.64. The Hall–Kier alpha value is -3.82. The number of halogens is 1. The van der Waals surface area contributed by atoms with E-state index < -0.39 is 0 Å². The quantitative estimate of drug-likeness (QED) is 0.350. The molecule has 32 heavy (non-hydrogen) atoms. The number of hydrogen-bond donors (Lipinski definition) is 1. The molecule has 0 bridgehead atoms. The number of hydrogen-bond acceptors (Lipinski definition) is 5. The number of nitrogens with two attached hydrogens (primary N) is 1. The Morgan fingerprint density at radius 1 is 1.00 bits per heavy atom. The molecule has 0 aliphatic carbocycles. The van der Waals surface area contributed by atoms with Crippen LogP contribution in [-0.4, -0.2) is 12.1 Å². The number of pyridine rings is 1. The monoisotopic (exact) mass is 485 g/mol. The van der Waals surface area contributed by atoms with Crippen LogP contribution < -0.4 is 15.2 Å². The average Bonchev–Trinajstić information content (AvgIpc) is 2.83. The molecule has 0 spiro atoms. The Morgan fingerprint density at radius 3 is 2.34 bits per heavy atom. The van der Waals surface area contributed by atoms with Crippen LogP contribution in [0.5, 0.6) is 11.5 Å². The number of nitrogen functional groups attached to an aromatic ring is 1. The van der Waals surface area contributed by atoms with E-state index >= 15 is 0 Å². The number of nitriles is 1. The van der Waals surface area contributed by atoms with Crippen LogP contribution in [-0.2, 0) is 6.61 Å². The van der Waals surface area contributed by atoms with Crippen molar-refractivity contribution in [2.45, 2.75) is 6.61 Å². The highest BCUT2D eigenvalue weighted by Gasteiger charge is 2.20. The van der Waals surface area contributed by atoms with E-state index in [9.17, 15) is 5.26 Å². The molecule has 1 heterocycles. The molecule has 0 radical (unpaired) electrons. The van der Waals surface area contributed by atoms with Crippen molar-refractivity contribution in [2.24, 2.45) is 0 Å². The molecule has 0 unspecified atom stereocenters. The molecule has 4 aromatic rings. The summed E-state index contributed by atoms with van der Waals surface area (Å²) < 4.78 is 12.4. The van der Waals surface area contributed by atoms with Crippen molar-refractivity contribution in [2.75, 3.05) is 12.8 Å². The molecule has 3 aromatic carbocycles. The fraction of sp³-hybridized carbons (Fsp3) is 0.0769. The Balaban J connectivity index is 1.83. The molecule has 0 aliphatic rings. The second-order valence-electron chi connectivity index (χ2n) is 7.05. The topological polar surface area (TPSA) is 81.2 Å². The highest BCUT2D eigenvalue weighted by Crippen LogP contribution is 2.44. The lowest BCUT2D eigenvalue weighted by Gasteiger charge is -2.17. The lowest BCUT2D eigenvalue weighted by molar-refractivity contribution is 0.282. The first-order valence-electron chi connectivity index (χ1n) is 9.91. The van der Waals surface area contributed by atoms with Crippen LogP contribution in [0.3, 0.4) is 0 Å². The van der Waals surface area contributed by atoms with Gasteiger partial charge in [0.05, 0.1) is 11.6 Å². The van der Waals surface area contributed by atoms with Crippen LogP contribution in [0.15, 0.2) is 83.5 Å². The Morgan fingerprint density at radius 2 is 1.69 bits per heavy atom. The van der Waals surface area contributed by atoms with Crippen LogP contribution in [0.2, 0.25) is 0 Å². The molecule has 4 rings (SSSR count). The molecular weight excluding hydrogens is 466 g/mol. The molecule has 0 fully saturated rings. The van der Waals surface area contributed by atoms with E-state index in [-0.39, 0.29) is 5.82 Å². The lowest BCUT2D eigenvalue weighted by atomic mass is 9.92. The van der Waals surface area contributed by atoms with Gasteiger partial charge < -0.3 is 15.2 Å². The largest absolute Gasteiger partial charge is 0.493 e. The van der Waals surface area contributed by atoms with E-state index in [1.165, 1.54) is 0 Å². The maximum absolute atomic E-state index is 9.85. The van der Waals surface area contributed by atoms with Crippen molar-refractivity contribution < 1.29 is 9.47 Å². The third kappa shape index (κ3) is 4.29. The highest BCUT2D eigenvalue weighted by atomic mass is 79.9. The Labute approximate surface area is 195 Å². The molecule has 0 aliphatic heterocycles. The van der Waals surface area contributed by atoms with E-state index in [4.69, 9.17) is 15.2 Å². The van der Waals surface area contributed by atoms with E-state index in [0.29, 0.717) is 33.7 Å². The van der Waals surface area contributed by atoms with Gasteiger partial charge in [0.1, 0.15) is 24.1 Å². The van der Waals surface area contributed by atoms with E-state index in [1.54, 1.807) is 13.3 Å². The summed E-state index contributed by atoms with van der Waals surface area (Å²) in [5.74, 6) is 1.31. The molecule has 0 amide bonds. The fourth-order valence-corrected chi connectivity index (χ4v) is 4.07. The summed E-state index contributed by atoms with van der Waals surface area (Å²) in [6.45, 7) is 0.399. The first-order valence-corrected chi connectivity index (χ1v) is 10.7. The smallest absolute Gasteiger partial charge is 0.175 e. The van der Waals surface area contributed by atoms with E-state index in [1.807, 2.05) is 72.8 Å². The van der Waals surface area contributed by atoms with Gasteiger partial charge in [0.15, 0.2) is 11.5 Å². The third-order valence-electron chi connectivity index (χ3n) is 5.05. The predicted octanol–water partition coefficient (Wildman–Crippen LogP) is 6.22. The van der Waals surface area contributed by atoms with Gasteiger partial charge in [-0.1, -0.05) is 60.7 Å². The summed E-state index contributed by atoms with van der Waals surface area (Å²) in [6, 6.07) is 25.7. The van der Waals surface area contributed by atoms with Gasteiger partial charge in [-0.2, -0.15) is 5.26 Å². The van der Waals surface area contributed by atoms with E-state index in [0.717, 1.165) is 22.3 Å². The molecule has 0 saturated heterocycles. The van der Waals surface area contributed by atoms with Crippen LogP contribution in [0.1, 0.15) is 11.1 Å². The van der Waals surface area contributed by atoms with Crippen molar-refractivity contribution in [3.8, 4) is 39.8 Å². The van der Waals surface area contributed by atoms with Gasteiger partial charge >= 0.3 is 0 Å². The van der Waals surface area contributed by atoms with Gasteiger partial charge in [0.2, 0.25) is 0 Å². The van der Waals surface area contributed by atoms with Gasteiger partial charge in [0, 0.05) is 17.3 Å². The summed E-state index contributed by atoms with van der Waals surface area (Å²) in [4.78, 5) is 4.25. The Kier molecular flexibility index (Phi) is 6.39. The maximum atomic E-state index is 9.85. The van der Waals surface area contributed by atoms with E-state index in [2.05, 4.69) is 27.0 Å². The SMILES string of the molecule is COc1cc(-c2c(-c3ccccc3)cnc(N)c2C#N)cc(Br)c1OCc1ccccc1. The summed E-state index contributed by atoms with van der Waals surface area (Å²) in [5, 5.41) is 9.85. The number of rotatable bonds is 6. The van der Waals surface area contributed by atoms with Crippen molar-refractivity contribution >= 4 is 21.7 Å². The van der Waals surface area contributed by atoms with Crippen molar-refractivity contribution in [3.05, 3.63) is 94.6 Å². The molecule has 158 valence electrons. The van der Waals surface area contributed by atoms with Crippen LogP contribution in [0.25, 0.3) is 22.3 Å². The van der Waals surface area contributed by atoms with Gasteiger partial charge in [0.25, 0.3) is 0 Å². The molecule has 5 nitrogen and oxygen atoms in total. The van der Waals surface area contributed by atoms with Crippen LogP contribution in [0.4, 0.5) is 5.82 Å². The van der Waals surface area contributed by atoms with Gasteiger partial charge in [-0.15, -0.1) is 0 Å². The van der Waals surface area contributed by atoms with Crippen LogP contribution in [0, 0.1) is 11.3 Å². The number of anilines is 1. The minimum atomic E-state index is 0.182. The second kappa shape index (κ2) is 9.54. The van der Waals surface area contributed by atoms with Gasteiger partial charge in [-0.05, 0) is 44.8 Å². The zero-order valence-corrected chi connectivity index (χ0v) is 19.0. The zero-order valence-electron chi connectivity index (χ0n) is 17.4. The summed E-state index contributed by atoms with van der Waals surface area (Å²) >= 11 is 3.62. The zero-order chi connectivity index (χ0) is 22.5. The van der Waals surface area contributed by atoms with Crippen LogP contribution >= 0.6 is 15.9 Å². The number of ether oxygens (including phenoxy) is 2.